The number of carbonyl (C=O) groups excluding carboxylic acids is 1. The summed E-state index contributed by atoms with van der Waals surface area (Å²) in [5.74, 6) is 0.00266. The topological polar surface area (TPSA) is 58.6 Å². The summed E-state index contributed by atoms with van der Waals surface area (Å²) < 4.78 is 4.98. The van der Waals surface area contributed by atoms with E-state index in [0.717, 1.165) is 25.7 Å². The number of rotatable bonds is 3. The second-order valence-corrected chi connectivity index (χ2v) is 4.31. The van der Waals surface area contributed by atoms with Crippen LogP contribution in [0.2, 0.25) is 0 Å². The van der Waals surface area contributed by atoms with Gasteiger partial charge in [-0.05, 0) is 25.0 Å². The lowest BCUT2D eigenvalue weighted by Crippen LogP contribution is -2.32. The molecule has 0 aromatic heterocycles. The number of para-hydroxylation sites is 1. The van der Waals surface area contributed by atoms with Crippen molar-refractivity contribution in [2.75, 3.05) is 7.11 Å². The summed E-state index contributed by atoms with van der Waals surface area (Å²) >= 11 is 0. The lowest BCUT2D eigenvalue weighted by molar-refractivity contribution is 0.0934. The molecule has 1 aromatic carbocycles. The highest BCUT2D eigenvalue weighted by Gasteiger charge is 2.20. The van der Waals surface area contributed by atoms with E-state index in [-0.39, 0.29) is 23.3 Å². The second kappa shape index (κ2) is 5.08. The van der Waals surface area contributed by atoms with Gasteiger partial charge in [0, 0.05) is 6.04 Å². The van der Waals surface area contributed by atoms with E-state index in [9.17, 15) is 9.90 Å². The van der Waals surface area contributed by atoms with Gasteiger partial charge in [-0.15, -0.1) is 0 Å². The molecule has 1 fully saturated rings. The quantitative estimate of drug-likeness (QED) is 0.843. The Balaban J connectivity index is 2.12. The fraction of sp³-hybridized carbons (Fsp3) is 0.462. The fourth-order valence-corrected chi connectivity index (χ4v) is 2.20. The highest BCUT2D eigenvalue weighted by molar-refractivity contribution is 5.97. The predicted molar refractivity (Wildman–Crippen MR) is 64.4 cm³/mol. The molecule has 1 aliphatic carbocycles. The zero-order chi connectivity index (χ0) is 12.3. The standard InChI is InChI=1S/C13H17NO3/c1-17-11-8-4-7-10(12(11)15)13(16)14-9-5-2-3-6-9/h4,7-9,15H,2-3,5-6H2,1H3,(H,14,16). The van der Waals surface area contributed by atoms with Crippen LogP contribution in [-0.4, -0.2) is 24.2 Å². The van der Waals surface area contributed by atoms with Crippen LogP contribution in [0.5, 0.6) is 11.5 Å². The first kappa shape index (κ1) is 11.8. The molecule has 4 heteroatoms. The third-order valence-electron chi connectivity index (χ3n) is 3.15. The Morgan fingerprint density at radius 3 is 2.76 bits per heavy atom. The van der Waals surface area contributed by atoms with Crippen LogP contribution in [0.3, 0.4) is 0 Å². The van der Waals surface area contributed by atoms with Gasteiger partial charge in [0.2, 0.25) is 0 Å². The number of benzene rings is 1. The van der Waals surface area contributed by atoms with Crippen molar-refractivity contribution in [1.29, 1.82) is 0 Å². The number of aromatic hydroxyl groups is 1. The maximum atomic E-state index is 12.0. The highest BCUT2D eigenvalue weighted by atomic mass is 16.5. The van der Waals surface area contributed by atoms with Crippen LogP contribution < -0.4 is 10.1 Å². The van der Waals surface area contributed by atoms with E-state index in [1.807, 2.05) is 0 Å². The summed E-state index contributed by atoms with van der Waals surface area (Å²) in [6, 6.07) is 5.17. The highest BCUT2D eigenvalue weighted by Crippen LogP contribution is 2.29. The molecule has 1 aliphatic rings. The number of ether oxygens (including phenoxy) is 1. The summed E-state index contributed by atoms with van der Waals surface area (Å²) in [6.45, 7) is 0. The molecule has 2 rings (SSSR count). The van der Waals surface area contributed by atoms with Crippen LogP contribution in [0.4, 0.5) is 0 Å². The molecule has 0 bridgehead atoms. The summed E-state index contributed by atoms with van der Waals surface area (Å²) in [5.41, 5.74) is 0.274. The SMILES string of the molecule is COc1cccc(C(=O)NC2CCCC2)c1O. The minimum atomic E-state index is -0.228. The zero-order valence-electron chi connectivity index (χ0n) is 9.90. The Morgan fingerprint density at radius 2 is 2.12 bits per heavy atom. The number of phenols is 1. The number of hydrogen-bond acceptors (Lipinski definition) is 3. The Labute approximate surface area is 101 Å². The molecule has 1 amide bonds. The Morgan fingerprint density at radius 1 is 1.41 bits per heavy atom. The van der Waals surface area contributed by atoms with Crippen LogP contribution in [0.25, 0.3) is 0 Å². The molecule has 0 saturated heterocycles. The van der Waals surface area contributed by atoms with Crippen molar-refractivity contribution in [3.8, 4) is 11.5 Å². The predicted octanol–water partition coefficient (Wildman–Crippen LogP) is 2.07. The van der Waals surface area contributed by atoms with E-state index >= 15 is 0 Å². The first-order valence-corrected chi connectivity index (χ1v) is 5.89. The van der Waals surface area contributed by atoms with Gasteiger partial charge in [-0.25, -0.2) is 0 Å². The third kappa shape index (κ3) is 2.52. The van der Waals surface area contributed by atoms with Crippen LogP contribution in [-0.2, 0) is 0 Å². The van der Waals surface area contributed by atoms with Crippen LogP contribution in [0.1, 0.15) is 36.0 Å². The largest absolute Gasteiger partial charge is 0.504 e. The van der Waals surface area contributed by atoms with E-state index in [4.69, 9.17) is 4.74 Å². The lowest BCUT2D eigenvalue weighted by atomic mass is 10.1. The average Bonchev–Trinajstić information content (AvgIpc) is 2.82. The maximum Gasteiger partial charge on any atom is 0.255 e. The molecule has 0 radical (unpaired) electrons. The number of phenolic OH excluding ortho intramolecular Hbond substituents is 1. The third-order valence-corrected chi connectivity index (χ3v) is 3.15. The van der Waals surface area contributed by atoms with Crippen LogP contribution in [0, 0.1) is 0 Å². The van der Waals surface area contributed by atoms with Gasteiger partial charge in [-0.1, -0.05) is 18.9 Å². The Bertz CT molecular complexity index is 411. The molecule has 0 spiro atoms. The molecule has 4 nitrogen and oxygen atoms in total. The number of amides is 1. The van der Waals surface area contributed by atoms with Crippen molar-refractivity contribution >= 4 is 5.91 Å². The van der Waals surface area contributed by atoms with Gasteiger partial charge < -0.3 is 15.2 Å². The second-order valence-electron chi connectivity index (χ2n) is 4.31. The Hall–Kier alpha value is -1.71. The Kier molecular flexibility index (Phi) is 3.52. The summed E-state index contributed by atoms with van der Waals surface area (Å²) in [4.78, 5) is 12.0. The fourth-order valence-electron chi connectivity index (χ4n) is 2.20. The van der Waals surface area contributed by atoms with Crippen molar-refractivity contribution in [2.45, 2.75) is 31.7 Å². The number of nitrogens with one attached hydrogen (secondary N) is 1. The minimum absolute atomic E-state index is 0.0921. The van der Waals surface area contributed by atoms with E-state index in [0.29, 0.717) is 5.75 Å². The van der Waals surface area contributed by atoms with E-state index in [1.165, 1.54) is 7.11 Å². The van der Waals surface area contributed by atoms with Crippen molar-refractivity contribution in [3.05, 3.63) is 23.8 Å². The molecule has 0 aliphatic heterocycles. The summed E-state index contributed by atoms with van der Waals surface area (Å²) in [7, 11) is 1.47. The minimum Gasteiger partial charge on any atom is -0.504 e. The molecular weight excluding hydrogens is 218 g/mol. The first-order chi connectivity index (χ1) is 8.22. The van der Waals surface area contributed by atoms with Crippen molar-refractivity contribution in [1.82, 2.24) is 5.32 Å². The monoisotopic (exact) mass is 235 g/mol. The zero-order valence-corrected chi connectivity index (χ0v) is 9.90. The van der Waals surface area contributed by atoms with Crippen LogP contribution >= 0.6 is 0 Å². The van der Waals surface area contributed by atoms with Gasteiger partial charge >= 0.3 is 0 Å². The van der Waals surface area contributed by atoms with Crippen LogP contribution in [0.15, 0.2) is 18.2 Å². The van der Waals surface area contributed by atoms with Gasteiger partial charge in [-0.2, -0.15) is 0 Å². The molecule has 0 atom stereocenters. The van der Waals surface area contributed by atoms with Gasteiger partial charge in [0.1, 0.15) is 0 Å². The van der Waals surface area contributed by atoms with Crippen molar-refractivity contribution in [2.24, 2.45) is 0 Å². The lowest BCUT2D eigenvalue weighted by Gasteiger charge is -2.13. The van der Waals surface area contributed by atoms with E-state index in [1.54, 1.807) is 18.2 Å². The van der Waals surface area contributed by atoms with Crippen molar-refractivity contribution in [3.63, 3.8) is 0 Å². The smallest absolute Gasteiger partial charge is 0.255 e. The van der Waals surface area contributed by atoms with Crippen molar-refractivity contribution < 1.29 is 14.6 Å². The molecular formula is C13H17NO3. The van der Waals surface area contributed by atoms with Gasteiger partial charge in [0.05, 0.1) is 12.7 Å². The van der Waals surface area contributed by atoms with E-state index < -0.39 is 0 Å². The average molecular weight is 235 g/mol. The number of hydrogen-bond donors (Lipinski definition) is 2. The summed E-state index contributed by atoms with van der Waals surface area (Å²) in [6.07, 6.45) is 4.37. The first-order valence-electron chi connectivity index (χ1n) is 5.89. The molecule has 17 heavy (non-hydrogen) atoms. The molecule has 1 saturated carbocycles. The van der Waals surface area contributed by atoms with Gasteiger partial charge in [0.15, 0.2) is 11.5 Å². The molecule has 0 heterocycles. The molecule has 1 aromatic rings. The molecule has 2 N–H and O–H groups in total. The number of methoxy groups -OCH3 is 1. The number of carbonyl (C=O) groups is 1. The maximum absolute atomic E-state index is 12.0. The van der Waals surface area contributed by atoms with E-state index in [2.05, 4.69) is 5.32 Å². The normalized spacial score (nSPS) is 15.8. The molecule has 92 valence electrons. The molecule has 0 unspecified atom stereocenters. The summed E-state index contributed by atoms with van der Waals surface area (Å²) in [5, 5.41) is 12.8. The van der Waals surface area contributed by atoms with Gasteiger partial charge in [0.25, 0.3) is 5.91 Å². The van der Waals surface area contributed by atoms with Gasteiger partial charge in [-0.3, -0.25) is 4.79 Å².